The number of unbranched alkanes of at least 4 members (excludes halogenated alkanes) is 1. The Balaban J connectivity index is 1.69. The standard InChI is InChI=1S/C25H21NO5S/c27-24-18-8-2-1-7-16(18)13-17-14-21-23(15-20(17)24)26(11-5-6-12-32(29,30)31)22-10-4-3-9-19(22)25(21)28/h1-4,7-10,14-15H,5-6,11-13H2,(H,29,30,31). The number of pyridine rings is 1. The quantitative estimate of drug-likeness (QED) is 0.250. The fourth-order valence-electron chi connectivity index (χ4n) is 4.61. The van der Waals surface area contributed by atoms with Gasteiger partial charge in [-0.25, -0.2) is 0 Å². The molecule has 0 radical (unpaired) electrons. The number of nitrogens with zero attached hydrogens (tertiary/aromatic N) is 1. The summed E-state index contributed by atoms with van der Waals surface area (Å²) in [6.45, 7) is 0.455. The Morgan fingerprint density at radius 3 is 2.38 bits per heavy atom. The van der Waals surface area contributed by atoms with Crippen molar-refractivity contribution in [2.45, 2.75) is 25.8 Å². The lowest BCUT2D eigenvalue weighted by Gasteiger charge is -2.21. The zero-order valence-corrected chi connectivity index (χ0v) is 18.1. The van der Waals surface area contributed by atoms with Gasteiger partial charge in [-0.3, -0.25) is 14.1 Å². The minimum absolute atomic E-state index is 0.0534. The van der Waals surface area contributed by atoms with Gasteiger partial charge in [-0.05, 0) is 54.7 Å². The molecule has 162 valence electrons. The van der Waals surface area contributed by atoms with Crippen molar-refractivity contribution >= 4 is 37.7 Å². The molecule has 3 aromatic carbocycles. The highest BCUT2D eigenvalue weighted by Crippen LogP contribution is 2.31. The van der Waals surface area contributed by atoms with Gasteiger partial charge in [0.15, 0.2) is 11.2 Å². The van der Waals surface area contributed by atoms with Crippen LogP contribution in [0.15, 0.2) is 65.5 Å². The van der Waals surface area contributed by atoms with E-state index in [0.717, 1.165) is 16.6 Å². The molecule has 1 aromatic heterocycles. The average molecular weight is 448 g/mol. The summed E-state index contributed by atoms with van der Waals surface area (Å²) in [6.07, 6.45) is 1.38. The molecule has 0 amide bonds. The van der Waals surface area contributed by atoms with Gasteiger partial charge in [0.25, 0.3) is 10.1 Å². The maximum atomic E-state index is 13.3. The van der Waals surface area contributed by atoms with Gasteiger partial charge in [0, 0.05) is 28.4 Å². The zero-order valence-electron chi connectivity index (χ0n) is 17.2. The van der Waals surface area contributed by atoms with Crippen LogP contribution in [0, 0.1) is 0 Å². The fourth-order valence-corrected chi connectivity index (χ4v) is 5.18. The number of fused-ring (bicyclic) bond motifs is 4. The Bertz CT molecular complexity index is 1570. The molecule has 4 aromatic rings. The lowest BCUT2D eigenvalue weighted by molar-refractivity contribution is 0.103. The van der Waals surface area contributed by atoms with E-state index in [1.165, 1.54) is 0 Å². The van der Waals surface area contributed by atoms with Crippen molar-refractivity contribution in [1.82, 2.24) is 4.57 Å². The predicted octanol–water partition coefficient (Wildman–Crippen LogP) is 3.96. The number of aryl methyl sites for hydroxylation is 1. The van der Waals surface area contributed by atoms with Gasteiger partial charge in [-0.1, -0.05) is 36.4 Å². The van der Waals surface area contributed by atoms with Crippen LogP contribution >= 0.6 is 0 Å². The maximum absolute atomic E-state index is 13.3. The van der Waals surface area contributed by atoms with Crippen LogP contribution in [0.1, 0.15) is 39.9 Å². The van der Waals surface area contributed by atoms with Gasteiger partial charge in [-0.15, -0.1) is 0 Å². The van der Waals surface area contributed by atoms with E-state index in [1.54, 1.807) is 12.1 Å². The number of hydrogen-bond acceptors (Lipinski definition) is 4. The number of ketones is 1. The molecule has 1 aliphatic rings. The zero-order chi connectivity index (χ0) is 22.5. The van der Waals surface area contributed by atoms with Gasteiger partial charge >= 0.3 is 0 Å². The van der Waals surface area contributed by atoms with Crippen molar-refractivity contribution in [3.63, 3.8) is 0 Å². The molecule has 0 spiro atoms. The number of rotatable bonds is 5. The van der Waals surface area contributed by atoms with E-state index >= 15 is 0 Å². The molecule has 1 N–H and O–H groups in total. The molecular formula is C25H21NO5S. The maximum Gasteiger partial charge on any atom is 0.264 e. The second kappa shape index (κ2) is 7.69. The van der Waals surface area contributed by atoms with Crippen LogP contribution in [0.25, 0.3) is 21.8 Å². The second-order valence-corrected chi connectivity index (χ2v) is 9.75. The van der Waals surface area contributed by atoms with Gasteiger partial charge in [0.2, 0.25) is 0 Å². The number of benzene rings is 3. The van der Waals surface area contributed by atoms with E-state index in [-0.39, 0.29) is 23.4 Å². The van der Waals surface area contributed by atoms with Crippen LogP contribution in [-0.4, -0.2) is 29.1 Å². The Labute approximate surface area is 184 Å². The summed E-state index contributed by atoms with van der Waals surface area (Å²) in [4.78, 5) is 26.5. The van der Waals surface area contributed by atoms with Crippen LogP contribution < -0.4 is 5.43 Å². The summed E-state index contributed by atoms with van der Waals surface area (Å²) in [5.41, 5.74) is 4.38. The van der Waals surface area contributed by atoms with Gasteiger partial charge in [-0.2, -0.15) is 8.42 Å². The topological polar surface area (TPSA) is 93.4 Å². The van der Waals surface area contributed by atoms with E-state index in [9.17, 15) is 18.0 Å². The molecule has 6 nitrogen and oxygen atoms in total. The molecule has 7 heteroatoms. The largest absolute Gasteiger partial charge is 0.340 e. The van der Waals surface area contributed by atoms with Crippen molar-refractivity contribution in [3.8, 4) is 0 Å². The molecular weight excluding hydrogens is 426 g/mol. The minimum atomic E-state index is -4.02. The smallest absolute Gasteiger partial charge is 0.264 e. The molecule has 32 heavy (non-hydrogen) atoms. The van der Waals surface area contributed by atoms with Gasteiger partial charge in [0.05, 0.1) is 16.8 Å². The van der Waals surface area contributed by atoms with E-state index in [0.29, 0.717) is 46.8 Å². The van der Waals surface area contributed by atoms with Crippen LogP contribution in [0.5, 0.6) is 0 Å². The first kappa shape index (κ1) is 20.6. The highest BCUT2D eigenvalue weighted by Gasteiger charge is 2.25. The lowest BCUT2D eigenvalue weighted by atomic mass is 9.84. The van der Waals surface area contributed by atoms with Crippen molar-refractivity contribution in [1.29, 1.82) is 0 Å². The van der Waals surface area contributed by atoms with E-state index in [4.69, 9.17) is 4.55 Å². The second-order valence-electron chi connectivity index (χ2n) is 8.18. The van der Waals surface area contributed by atoms with Crippen LogP contribution in [0.2, 0.25) is 0 Å². The van der Waals surface area contributed by atoms with Crippen LogP contribution in [0.4, 0.5) is 0 Å². The third kappa shape index (κ3) is 3.53. The highest BCUT2D eigenvalue weighted by atomic mass is 32.2. The first-order valence-electron chi connectivity index (χ1n) is 10.5. The number of carbonyl (C=O) groups is 1. The monoisotopic (exact) mass is 447 g/mol. The SMILES string of the molecule is O=C1c2ccccc2Cc2cc3c(=O)c4ccccc4n(CCCCS(=O)(=O)O)c3cc21. The number of carbonyl (C=O) groups excluding carboxylic acids is 1. The van der Waals surface area contributed by atoms with E-state index in [1.807, 2.05) is 53.1 Å². The number of hydrogen-bond donors (Lipinski definition) is 1. The van der Waals surface area contributed by atoms with Crippen molar-refractivity contribution in [3.05, 3.63) is 93.1 Å². The van der Waals surface area contributed by atoms with Crippen LogP contribution in [0.3, 0.4) is 0 Å². The summed E-state index contributed by atoms with van der Waals surface area (Å²) >= 11 is 0. The summed E-state index contributed by atoms with van der Waals surface area (Å²) in [7, 11) is -4.02. The third-order valence-electron chi connectivity index (χ3n) is 6.12. The third-order valence-corrected chi connectivity index (χ3v) is 6.92. The first-order valence-corrected chi connectivity index (χ1v) is 12.1. The highest BCUT2D eigenvalue weighted by molar-refractivity contribution is 7.85. The molecule has 0 fully saturated rings. The Kier molecular flexibility index (Phi) is 4.95. The average Bonchev–Trinajstić information content (AvgIpc) is 2.77. The fraction of sp³-hybridized carbons (Fsp3) is 0.200. The summed E-state index contributed by atoms with van der Waals surface area (Å²) in [5, 5.41) is 1.13. The van der Waals surface area contributed by atoms with E-state index in [2.05, 4.69) is 0 Å². The number of para-hydroxylation sites is 1. The lowest BCUT2D eigenvalue weighted by Crippen LogP contribution is -2.18. The Morgan fingerprint density at radius 1 is 0.812 bits per heavy atom. The van der Waals surface area contributed by atoms with E-state index < -0.39 is 10.1 Å². The number of aromatic nitrogens is 1. The molecule has 0 unspecified atom stereocenters. The summed E-state index contributed by atoms with van der Waals surface area (Å²) < 4.78 is 33.2. The molecule has 0 atom stereocenters. The molecule has 1 heterocycles. The van der Waals surface area contributed by atoms with Crippen LogP contribution in [-0.2, 0) is 23.1 Å². The molecule has 0 aliphatic heterocycles. The minimum Gasteiger partial charge on any atom is -0.340 e. The van der Waals surface area contributed by atoms with Crippen molar-refractivity contribution in [2.75, 3.05) is 5.75 Å². The molecule has 0 bridgehead atoms. The predicted molar refractivity (Wildman–Crippen MR) is 124 cm³/mol. The molecule has 0 saturated heterocycles. The van der Waals surface area contributed by atoms with Crippen molar-refractivity contribution < 1.29 is 17.8 Å². The Hall–Kier alpha value is -3.29. The molecule has 0 saturated carbocycles. The van der Waals surface area contributed by atoms with Crippen molar-refractivity contribution in [2.24, 2.45) is 0 Å². The Morgan fingerprint density at radius 2 is 1.56 bits per heavy atom. The normalized spacial score (nSPS) is 13.3. The van der Waals surface area contributed by atoms with Gasteiger partial charge < -0.3 is 4.57 Å². The van der Waals surface area contributed by atoms with Gasteiger partial charge in [0.1, 0.15) is 0 Å². The summed E-state index contributed by atoms with van der Waals surface area (Å²) in [5.74, 6) is -0.365. The molecule has 5 rings (SSSR count). The molecule has 1 aliphatic carbocycles. The summed E-state index contributed by atoms with van der Waals surface area (Å²) in [6, 6.07) is 18.5. The first-order chi connectivity index (χ1) is 15.3.